The summed E-state index contributed by atoms with van der Waals surface area (Å²) < 4.78 is 0. The standard InChI is InChI=1S/C13H13NO2/c15-9-10-4-3-5-11(8-10)14-12-6-1-2-7-13(12)16/h1-8,14-16H,9H2. The number of rotatable bonds is 3. The summed E-state index contributed by atoms with van der Waals surface area (Å²) in [5.41, 5.74) is 2.33. The summed E-state index contributed by atoms with van der Waals surface area (Å²) in [6, 6.07) is 14.4. The monoisotopic (exact) mass is 215 g/mol. The first-order valence-corrected chi connectivity index (χ1v) is 5.04. The molecule has 0 radical (unpaired) electrons. The summed E-state index contributed by atoms with van der Waals surface area (Å²) in [7, 11) is 0. The van der Waals surface area contributed by atoms with Gasteiger partial charge in [0.15, 0.2) is 0 Å². The lowest BCUT2D eigenvalue weighted by atomic mass is 10.2. The molecule has 3 heteroatoms. The first kappa shape index (κ1) is 10.5. The van der Waals surface area contributed by atoms with Gasteiger partial charge in [-0.25, -0.2) is 0 Å². The Hall–Kier alpha value is -2.00. The van der Waals surface area contributed by atoms with Crippen molar-refractivity contribution < 1.29 is 10.2 Å². The second kappa shape index (κ2) is 4.68. The highest BCUT2D eigenvalue weighted by Gasteiger charge is 2.00. The number of phenols is 1. The van der Waals surface area contributed by atoms with E-state index in [0.717, 1.165) is 11.3 Å². The molecule has 0 aromatic heterocycles. The van der Waals surface area contributed by atoms with Gasteiger partial charge in [-0.15, -0.1) is 0 Å². The van der Waals surface area contributed by atoms with Crippen LogP contribution < -0.4 is 5.32 Å². The van der Waals surface area contributed by atoms with Crippen LogP contribution in [0.5, 0.6) is 5.75 Å². The Morgan fingerprint density at radius 3 is 2.56 bits per heavy atom. The molecule has 0 amide bonds. The van der Waals surface area contributed by atoms with Crippen molar-refractivity contribution in [3.63, 3.8) is 0 Å². The fraction of sp³-hybridized carbons (Fsp3) is 0.0769. The Labute approximate surface area is 94.0 Å². The highest BCUT2D eigenvalue weighted by atomic mass is 16.3. The fourth-order valence-corrected chi connectivity index (χ4v) is 1.48. The minimum absolute atomic E-state index is 0.0102. The van der Waals surface area contributed by atoms with Crippen LogP contribution in [0.3, 0.4) is 0 Å². The van der Waals surface area contributed by atoms with Gasteiger partial charge in [0.25, 0.3) is 0 Å². The summed E-state index contributed by atoms with van der Waals surface area (Å²) in [6.45, 7) is 0.0102. The molecule has 2 rings (SSSR count). The third-order valence-electron chi connectivity index (χ3n) is 2.29. The van der Waals surface area contributed by atoms with Crippen LogP contribution in [0.4, 0.5) is 11.4 Å². The first-order chi connectivity index (χ1) is 7.79. The molecular weight excluding hydrogens is 202 g/mol. The molecule has 2 aromatic carbocycles. The number of nitrogens with one attached hydrogen (secondary N) is 1. The molecule has 2 aromatic rings. The molecule has 3 N–H and O–H groups in total. The van der Waals surface area contributed by atoms with E-state index in [1.165, 1.54) is 0 Å². The number of benzene rings is 2. The van der Waals surface area contributed by atoms with Gasteiger partial charge in [-0.3, -0.25) is 0 Å². The number of aliphatic hydroxyl groups excluding tert-OH is 1. The lowest BCUT2D eigenvalue weighted by Gasteiger charge is -2.08. The highest BCUT2D eigenvalue weighted by molar-refractivity contribution is 5.65. The second-order valence-electron chi connectivity index (χ2n) is 3.50. The predicted octanol–water partition coefficient (Wildman–Crippen LogP) is 2.63. The molecule has 0 heterocycles. The fourth-order valence-electron chi connectivity index (χ4n) is 1.48. The normalized spacial score (nSPS) is 10.1. The summed E-state index contributed by atoms with van der Waals surface area (Å²) >= 11 is 0. The molecule has 0 unspecified atom stereocenters. The van der Waals surface area contributed by atoms with Crippen molar-refractivity contribution >= 4 is 11.4 Å². The average molecular weight is 215 g/mol. The molecule has 0 spiro atoms. The van der Waals surface area contributed by atoms with Crippen molar-refractivity contribution in [2.75, 3.05) is 5.32 Å². The highest BCUT2D eigenvalue weighted by Crippen LogP contribution is 2.26. The van der Waals surface area contributed by atoms with E-state index in [0.29, 0.717) is 5.69 Å². The maximum absolute atomic E-state index is 9.59. The molecule has 0 aliphatic heterocycles. The third kappa shape index (κ3) is 2.32. The topological polar surface area (TPSA) is 52.5 Å². The van der Waals surface area contributed by atoms with E-state index in [1.54, 1.807) is 18.2 Å². The Morgan fingerprint density at radius 2 is 1.81 bits per heavy atom. The van der Waals surface area contributed by atoms with Crippen molar-refractivity contribution in [3.8, 4) is 5.75 Å². The van der Waals surface area contributed by atoms with Gasteiger partial charge in [0.05, 0.1) is 12.3 Å². The molecule has 0 saturated heterocycles. The largest absolute Gasteiger partial charge is 0.506 e. The number of hydrogen-bond acceptors (Lipinski definition) is 3. The molecule has 0 aliphatic rings. The van der Waals surface area contributed by atoms with Crippen LogP contribution in [-0.2, 0) is 6.61 Å². The lowest BCUT2D eigenvalue weighted by Crippen LogP contribution is -1.92. The van der Waals surface area contributed by atoms with Crippen LogP contribution >= 0.6 is 0 Å². The van der Waals surface area contributed by atoms with E-state index in [9.17, 15) is 5.11 Å². The zero-order valence-corrected chi connectivity index (χ0v) is 8.72. The van der Waals surface area contributed by atoms with Crippen LogP contribution in [0.25, 0.3) is 0 Å². The van der Waals surface area contributed by atoms with Gasteiger partial charge in [0, 0.05) is 5.69 Å². The van der Waals surface area contributed by atoms with E-state index in [1.807, 2.05) is 30.3 Å². The molecule has 3 nitrogen and oxygen atoms in total. The first-order valence-electron chi connectivity index (χ1n) is 5.04. The van der Waals surface area contributed by atoms with Crippen LogP contribution in [-0.4, -0.2) is 10.2 Å². The molecule has 0 atom stereocenters. The summed E-state index contributed by atoms with van der Waals surface area (Å²) in [4.78, 5) is 0. The number of aliphatic hydroxyl groups is 1. The van der Waals surface area contributed by atoms with Gasteiger partial charge in [-0.2, -0.15) is 0 Å². The number of anilines is 2. The minimum Gasteiger partial charge on any atom is -0.506 e. The minimum atomic E-state index is 0.0102. The van der Waals surface area contributed by atoms with Crippen LogP contribution in [0.2, 0.25) is 0 Å². The van der Waals surface area contributed by atoms with Crippen LogP contribution in [0.15, 0.2) is 48.5 Å². The van der Waals surface area contributed by atoms with Crippen LogP contribution in [0.1, 0.15) is 5.56 Å². The van der Waals surface area contributed by atoms with E-state index in [2.05, 4.69) is 5.32 Å². The summed E-state index contributed by atoms with van der Waals surface area (Å²) in [6.07, 6.45) is 0. The Balaban J connectivity index is 2.24. The van der Waals surface area contributed by atoms with Crippen molar-refractivity contribution in [2.45, 2.75) is 6.61 Å². The van der Waals surface area contributed by atoms with Gasteiger partial charge in [-0.05, 0) is 29.8 Å². The third-order valence-corrected chi connectivity index (χ3v) is 2.29. The quantitative estimate of drug-likeness (QED) is 0.690. The van der Waals surface area contributed by atoms with Gasteiger partial charge in [0.2, 0.25) is 0 Å². The molecule has 0 bridgehead atoms. The van der Waals surface area contributed by atoms with Crippen molar-refractivity contribution in [1.29, 1.82) is 0 Å². The number of para-hydroxylation sites is 2. The van der Waals surface area contributed by atoms with E-state index < -0.39 is 0 Å². The number of phenolic OH excluding ortho intramolecular Hbond substituents is 1. The number of aromatic hydroxyl groups is 1. The van der Waals surface area contributed by atoms with E-state index in [4.69, 9.17) is 5.11 Å². The smallest absolute Gasteiger partial charge is 0.139 e. The van der Waals surface area contributed by atoms with E-state index in [-0.39, 0.29) is 12.4 Å². The van der Waals surface area contributed by atoms with E-state index >= 15 is 0 Å². The lowest BCUT2D eigenvalue weighted by molar-refractivity contribution is 0.282. The zero-order valence-electron chi connectivity index (χ0n) is 8.72. The molecule has 0 saturated carbocycles. The van der Waals surface area contributed by atoms with Gasteiger partial charge < -0.3 is 15.5 Å². The van der Waals surface area contributed by atoms with Gasteiger partial charge in [0.1, 0.15) is 5.75 Å². The zero-order chi connectivity index (χ0) is 11.4. The Kier molecular flexibility index (Phi) is 3.08. The van der Waals surface area contributed by atoms with Crippen LogP contribution in [0, 0.1) is 0 Å². The summed E-state index contributed by atoms with van der Waals surface area (Å²) in [5, 5.41) is 21.7. The second-order valence-corrected chi connectivity index (χ2v) is 3.50. The maximum Gasteiger partial charge on any atom is 0.139 e. The maximum atomic E-state index is 9.59. The molecule has 0 fully saturated rings. The SMILES string of the molecule is OCc1cccc(Nc2ccccc2O)c1. The number of hydrogen-bond donors (Lipinski definition) is 3. The average Bonchev–Trinajstić information content (AvgIpc) is 2.32. The summed E-state index contributed by atoms with van der Waals surface area (Å²) in [5.74, 6) is 0.205. The van der Waals surface area contributed by atoms with Crippen molar-refractivity contribution in [3.05, 3.63) is 54.1 Å². The predicted molar refractivity (Wildman–Crippen MR) is 63.8 cm³/mol. The molecule has 82 valence electrons. The van der Waals surface area contributed by atoms with Crippen molar-refractivity contribution in [1.82, 2.24) is 0 Å². The Morgan fingerprint density at radius 1 is 1.00 bits per heavy atom. The van der Waals surface area contributed by atoms with Gasteiger partial charge >= 0.3 is 0 Å². The molecular formula is C13H13NO2. The molecule has 16 heavy (non-hydrogen) atoms. The Bertz CT molecular complexity index is 483. The van der Waals surface area contributed by atoms with Gasteiger partial charge in [-0.1, -0.05) is 24.3 Å². The molecule has 0 aliphatic carbocycles. The van der Waals surface area contributed by atoms with Crippen molar-refractivity contribution in [2.24, 2.45) is 0 Å².